The second-order valence-corrected chi connectivity index (χ2v) is 6.08. The minimum Gasteiger partial charge on any atom is -0.378 e. The first-order chi connectivity index (χ1) is 9.78. The molecule has 0 spiro atoms. The maximum Gasteiger partial charge on any atom is 0.0576 e. The Labute approximate surface area is 123 Å². The zero-order valence-corrected chi connectivity index (χ0v) is 13.0. The maximum atomic E-state index is 5.69. The van der Waals surface area contributed by atoms with Crippen LogP contribution >= 0.6 is 0 Å². The van der Waals surface area contributed by atoms with E-state index < -0.39 is 0 Å². The lowest BCUT2D eigenvalue weighted by atomic mass is 9.99. The molecule has 0 aromatic heterocycles. The summed E-state index contributed by atoms with van der Waals surface area (Å²) in [5.41, 5.74) is 2.83. The fourth-order valence-electron chi connectivity index (χ4n) is 3.11. The van der Waals surface area contributed by atoms with Crippen LogP contribution in [0.15, 0.2) is 24.3 Å². The topological polar surface area (TPSA) is 21.3 Å². The van der Waals surface area contributed by atoms with Gasteiger partial charge in [-0.25, -0.2) is 0 Å². The molecule has 0 aliphatic carbocycles. The van der Waals surface area contributed by atoms with Gasteiger partial charge in [0.15, 0.2) is 0 Å². The summed E-state index contributed by atoms with van der Waals surface area (Å²) in [5.74, 6) is 0. The fourth-order valence-corrected chi connectivity index (χ4v) is 3.11. The summed E-state index contributed by atoms with van der Waals surface area (Å²) in [6.45, 7) is 3.15. The molecule has 1 heterocycles. The van der Waals surface area contributed by atoms with Crippen LogP contribution in [0.2, 0.25) is 0 Å². The molecule has 0 radical (unpaired) electrons. The Hall–Kier alpha value is -0.860. The molecule has 0 saturated carbocycles. The zero-order valence-electron chi connectivity index (χ0n) is 13.0. The van der Waals surface area contributed by atoms with Crippen LogP contribution < -0.4 is 5.32 Å². The Kier molecular flexibility index (Phi) is 6.55. The van der Waals surface area contributed by atoms with Crippen molar-refractivity contribution < 1.29 is 4.74 Å². The van der Waals surface area contributed by atoms with Crippen LogP contribution in [-0.2, 0) is 11.2 Å². The number of hydrogen-bond acceptors (Lipinski definition) is 2. The molecule has 0 amide bonds. The SMILES string of the molecule is CNC(CCCC1CCCO1)CCc1cccc(C)c1. The van der Waals surface area contributed by atoms with Gasteiger partial charge in [0.1, 0.15) is 0 Å². The van der Waals surface area contributed by atoms with E-state index in [9.17, 15) is 0 Å². The monoisotopic (exact) mass is 275 g/mol. The Morgan fingerprint density at radius 3 is 2.95 bits per heavy atom. The van der Waals surface area contributed by atoms with Gasteiger partial charge in [0, 0.05) is 12.6 Å². The van der Waals surface area contributed by atoms with Crippen LogP contribution in [0.25, 0.3) is 0 Å². The average Bonchev–Trinajstić information content (AvgIpc) is 2.96. The standard InChI is InChI=1S/C18H29NO/c1-15-6-3-7-16(14-15)11-12-17(19-2)8-4-9-18-10-5-13-20-18/h3,6-7,14,17-19H,4-5,8-13H2,1-2H3. The van der Waals surface area contributed by atoms with Crippen molar-refractivity contribution >= 4 is 0 Å². The van der Waals surface area contributed by atoms with E-state index >= 15 is 0 Å². The Balaban J connectivity index is 1.66. The van der Waals surface area contributed by atoms with Gasteiger partial charge in [0.2, 0.25) is 0 Å². The largest absolute Gasteiger partial charge is 0.378 e. The van der Waals surface area contributed by atoms with E-state index in [2.05, 4.69) is 43.6 Å². The predicted molar refractivity (Wildman–Crippen MR) is 85.2 cm³/mol. The van der Waals surface area contributed by atoms with Crippen LogP contribution in [0, 0.1) is 6.92 Å². The van der Waals surface area contributed by atoms with Crippen LogP contribution in [-0.4, -0.2) is 25.8 Å². The molecule has 1 aliphatic heterocycles. The summed E-state index contributed by atoms with van der Waals surface area (Å²) >= 11 is 0. The van der Waals surface area contributed by atoms with Gasteiger partial charge in [0.05, 0.1) is 6.10 Å². The normalized spacial score (nSPS) is 20.2. The van der Waals surface area contributed by atoms with Gasteiger partial charge < -0.3 is 10.1 Å². The van der Waals surface area contributed by atoms with Gasteiger partial charge in [-0.1, -0.05) is 29.8 Å². The maximum absolute atomic E-state index is 5.69. The van der Waals surface area contributed by atoms with Crippen molar-refractivity contribution in [3.05, 3.63) is 35.4 Å². The Bertz CT molecular complexity index is 385. The number of rotatable bonds is 8. The number of aryl methyl sites for hydroxylation is 2. The van der Waals surface area contributed by atoms with Gasteiger partial charge in [-0.15, -0.1) is 0 Å². The molecule has 2 heteroatoms. The van der Waals surface area contributed by atoms with Crippen molar-refractivity contribution in [3.63, 3.8) is 0 Å². The highest BCUT2D eigenvalue weighted by Gasteiger charge is 2.15. The third kappa shape index (κ3) is 5.26. The van der Waals surface area contributed by atoms with Gasteiger partial charge in [-0.3, -0.25) is 0 Å². The molecular formula is C18H29NO. The minimum atomic E-state index is 0.546. The van der Waals surface area contributed by atoms with E-state index in [0.717, 1.165) is 6.61 Å². The molecule has 1 aliphatic rings. The number of nitrogens with one attached hydrogen (secondary N) is 1. The van der Waals surface area contributed by atoms with E-state index in [1.54, 1.807) is 0 Å². The molecule has 2 atom stereocenters. The quantitative estimate of drug-likeness (QED) is 0.777. The van der Waals surface area contributed by atoms with E-state index in [1.165, 1.54) is 56.1 Å². The average molecular weight is 275 g/mol. The first-order valence-electron chi connectivity index (χ1n) is 8.12. The van der Waals surface area contributed by atoms with Crippen LogP contribution in [0.4, 0.5) is 0 Å². The lowest BCUT2D eigenvalue weighted by Crippen LogP contribution is -2.26. The fraction of sp³-hybridized carbons (Fsp3) is 0.667. The number of benzene rings is 1. The second-order valence-electron chi connectivity index (χ2n) is 6.08. The van der Waals surface area contributed by atoms with Crippen molar-refractivity contribution in [1.82, 2.24) is 5.32 Å². The Morgan fingerprint density at radius 2 is 2.25 bits per heavy atom. The highest BCUT2D eigenvalue weighted by molar-refractivity contribution is 5.22. The zero-order chi connectivity index (χ0) is 14.2. The summed E-state index contributed by atoms with van der Waals surface area (Å²) in [6.07, 6.45) is 9.26. The minimum absolute atomic E-state index is 0.546. The van der Waals surface area contributed by atoms with Gasteiger partial charge in [0.25, 0.3) is 0 Å². The van der Waals surface area contributed by atoms with Crippen LogP contribution in [0.1, 0.15) is 49.7 Å². The number of hydrogen-bond donors (Lipinski definition) is 1. The predicted octanol–water partition coefficient (Wildman–Crippen LogP) is 3.86. The molecule has 20 heavy (non-hydrogen) atoms. The van der Waals surface area contributed by atoms with E-state index in [-0.39, 0.29) is 0 Å². The number of ether oxygens (including phenoxy) is 1. The van der Waals surface area contributed by atoms with E-state index in [0.29, 0.717) is 12.1 Å². The molecule has 1 aromatic rings. The van der Waals surface area contributed by atoms with E-state index in [1.807, 2.05) is 0 Å². The first-order valence-corrected chi connectivity index (χ1v) is 8.12. The summed E-state index contributed by atoms with van der Waals surface area (Å²) in [4.78, 5) is 0. The molecule has 1 saturated heterocycles. The second kappa shape index (κ2) is 8.43. The van der Waals surface area contributed by atoms with Gasteiger partial charge in [-0.2, -0.15) is 0 Å². The van der Waals surface area contributed by atoms with Crippen LogP contribution in [0.3, 0.4) is 0 Å². The molecule has 1 fully saturated rings. The van der Waals surface area contributed by atoms with Gasteiger partial charge >= 0.3 is 0 Å². The third-order valence-electron chi connectivity index (χ3n) is 4.37. The first kappa shape index (κ1) is 15.5. The smallest absolute Gasteiger partial charge is 0.0576 e. The molecule has 2 nitrogen and oxygen atoms in total. The van der Waals surface area contributed by atoms with Crippen molar-refractivity contribution in [2.24, 2.45) is 0 Å². The molecule has 1 aromatic carbocycles. The highest BCUT2D eigenvalue weighted by Crippen LogP contribution is 2.19. The van der Waals surface area contributed by atoms with Crippen molar-refractivity contribution in [2.75, 3.05) is 13.7 Å². The molecule has 0 bridgehead atoms. The van der Waals surface area contributed by atoms with Crippen molar-refractivity contribution in [1.29, 1.82) is 0 Å². The summed E-state index contributed by atoms with van der Waals surface area (Å²) in [7, 11) is 2.09. The van der Waals surface area contributed by atoms with Crippen molar-refractivity contribution in [2.45, 2.75) is 64.0 Å². The summed E-state index contributed by atoms with van der Waals surface area (Å²) < 4.78 is 5.69. The van der Waals surface area contributed by atoms with Crippen LogP contribution in [0.5, 0.6) is 0 Å². The third-order valence-corrected chi connectivity index (χ3v) is 4.37. The van der Waals surface area contributed by atoms with E-state index in [4.69, 9.17) is 4.74 Å². The molecule has 112 valence electrons. The summed E-state index contributed by atoms with van der Waals surface area (Å²) in [6, 6.07) is 9.51. The highest BCUT2D eigenvalue weighted by atomic mass is 16.5. The lowest BCUT2D eigenvalue weighted by molar-refractivity contribution is 0.101. The summed E-state index contributed by atoms with van der Waals surface area (Å²) in [5, 5.41) is 3.47. The molecule has 2 rings (SSSR count). The molecule has 1 N–H and O–H groups in total. The molecule has 2 unspecified atom stereocenters. The molecular weight excluding hydrogens is 246 g/mol. The van der Waals surface area contributed by atoms with Gasteiger partial charge in [-0.05, 0) is 64.5 Å². The lowest BCUT2D eigenvalue weighted by Gasteiger charge is -2.17. The van der Waals surface area contributed by atoms with Crippen molar-refractivity contribution in [3.8, 4) is 0 Å². The Morgan fingerprint density at radius 1 is 1.35 bits per heavy atom.